The molecule has 0 radical (unpaired) electrons. The molecule has 0 aromatic heterocycles. The van der Waals surface area contributed by atoms with Crippen molar-refractivity contribution in [1.82, 2.24) is 0 Å². The van der Waals surface area contributed by atoms with E-state index in [0.29, 0.717) is 6.61 Å². The molecule has 0 bridgehead atoms. The van der Waals surface area contributed by atoms with Crippen molar-refractivity contribution < 1.29 is 14.2 Å². The van der Waals surface area contributed by atoms with Gasteiger partial charge in [-0.1, -0.05) is 18.2 Å². The van der Waals surface area contributed by atoms with Crippen molar-refractivity contribution in [2.24, 2.45) is 0 Å². The van der Waals surface area contributed by atoms with Gasteiger partial charge in [-0.25, -0.2) is 0 Å². The Kier molecular flexibility index (Phi) is 3.50. The van der Waals surface area contributed by atoms with Crippen molar-refractivity contribution in [1.29, 1.82) is 0 Å². The molecule has 3 nitrogen and oxygen atoms in total. The fourth-order valence-electron chi connectivity index (χ4n) is 1.80. The molecule has 0 amide bonds. The third kappa shape index (κ3) is 3.08. The SMILES string of the molecule is COc1ccc(/C=C/[C@]2(C)OC[C@@H](C)O2)cc1. The van der Waals surface area contributed by atoms with Gasteiger partial charge in [0.15, 0.2) is 5.79 Å². The van der Waals surface area contributed by atoms with Gasteiger partial charge in [-0.3, -0.25) is 0 Å². The summed E-state index contributed by atoms with van der Waals surface area (Å²) in [6.07, 6.45) is 4.09. The fourth-order valence-corrected chi connectivity index (χ4v) is 1.80. The van der Waals surface area contributed by atoms with Gasteiger partial charge in [0.25, 0.3) is 0 Å². The molecule has 0 saturated carbocycles. The Morgan fingerprint density at radius 1 is 1.35 bits per heavy atom. The number of hydrogen-bond acceptors (Lipinski definition) is 3. The number of ether oxygens (including phenoxy) is 3. The largest absolute Gasteiger partial charge is 0.497 e. The molecule has 0 spiro atoms. The van der Waals surface area contributed by atoms with Crippen LogP contribution in [0, 0.1) is 0 Å². The summed E-state index contributed by atoms with van der Waals surface area (Å²) in [5.41, 5.74) is 1.10. The molecule has 1 heterocycles. The predicted octanol–water partition coefficient (Wildman–Crippen LogP) is 2.86. The van der Waals surface area contributed by atoms with Crippen LogP contribution in [0.4, 0.5) is 0 Å². The Morgan fingerprint density at radius 2 is 2.06 bits per heavy atom. The summed E-state index contributed by atoms with van der Waals surface area (Å²) < 4.78 is 16.4. The van der Waals surface area contributed by atoms with Gasteiger partial charge in [0.05, 0.1) is 19.8 Å². The number of methoxy groups -OCH3 is 1. The van der Waals surface area contributed by atoms with Gasteiger partial charge >= 0.3 is 0 Å². The topological polar surface area (TPSA) is 27.7 Å². The zero-order valence-electron chi connectivity index (χ0n) is 10.5. The molecular weight excluding hydrogens is 216 g/mol. The first-order chi connectivity index (χ1) is 8.11. The van der Waals surface area contributed by atoms with Crippen molar-refractivity contribution in [2.75, 3.05) is 13.7 Å². The van der Waals surface area contributed by atoms with E-state index in [1.54, 1.807) is 7.11 Å². The molecule has 92 valence electrons. The lowest BCUT2D eigenvalue weighted by Gasteiger charge is -2.18. The van der Waals surface area contributed by atoms with Gasteiger partial charge in [0.1, 0.15) is 5.75 Å². The third-order valence-corrected chi connectivity index (χ3v) is 2.73. The molecule has 0 N–H and O–H groups in total. The second-order valence-corrected chi connectivity index (χ2v) is 4.36. The lowest BCUT2D eigenvalue weighted by Crippen LogP contribution is -2.22. The van der Waals surface area contributed by atoms with Gasteiger partial charge in [0.2, 0.25) is 0 Å². The Hall–Kier alpha value is -1.32. The van der Waals surface area contributed by atoms with Crippen LogP contribution in [0.3, 0.4) is 0 Å². The molecular formula is C14H18O3. The molecule has 1 aliphatic rings. The average Bonchev–Trinajstić information content (AvgIpc) is 2.68. The highest BCUT2D eigenvalue weighted by molar-refractivity contribution is 5.51. The van der Waals surface area contributed by atoms with E-state index in [1.165, 1.54) is 0 Å². The van der Waals surface area contributed by atoms with Crippen LogP contribution >= 0.6 is 0 Å². The van der Waals surface area contributed by atoms with Crippen LogP contribution in [-0.2, 0) is 9.47 Å². The molecule has 2 rings (SSSR count). The summed E-state index contributed by atoms with van der Waals surface area (Å²) in [4.78, 5) is 0. The maximum Gasteiger partial charge on any atom is 0.185 e. The molecule has 1 fully saturated rings. The van der Waals surface area contributed by atoms with Crippen molar-refractivity contribution in [3.63, 3.8) is 0 Å². The van der Waals surface area contributed by atoms with Gasteiger partial charge < -0.3 is 14.2 Å². The van der Waals surface area contributed by atoms with Crippen LogP contribution in [0.15, 0.2) is 30.3 Å². The molecule has 0 unspecified atom stereocenters. The molecule has 1 aliphatic heterocycles. The van der Waals surface area contributed by atoms with Crippen molar-refractivity contribution >= 4 is 6.08 Å². The molecule has 3 heteroatoms. The van der Waals surface area contributed by atoms with Gasteiger partial charge in [-0.15, -0.1) is 0 Å². The lowest BCUT2D eigenvalue weighted by molar-refractivity contribution is -0.110. The second kappa shape index (κ2) is 4.90. The minimum atomic E-state index is -0.598. The fraction of sp³-hybridized carbons (Fsp3) is 0.429. The Bertz CT molecular complexity index is 396. The average molecular weight is 234 g/mol. The van der Waals surface area contributed by atoms with Crippen molar-refractivity contribution in [2.45, 2.75) is 25.7 Å². The van der Waals surface area contributed by atoms with Crippen LogP contribution in [0.2, 0.25) is 0 Å². The zero-order chi connectivity index (χ0) is 12.3. The Labute approximate surface area is 102 Å². The van der Waals surface area contributed by atoms with E-state index in [-0.39, 0.29) is 6.10 Å². The number of hydrogen-bond donors (Lipinski definition) is 0. The summed E-state index contributed by atoms with van der Waals surface area (Å²) in [6, 6.07) is 7.86. The number of benzene rings is 1. The first-order valence-electron chi connectivity index (χ1n) is 5.76. The van der Waals surface area contributed by atoms with E-state index >= 15 is 0 Å². The predicted molar refractivity (Wildman–Crippen MR) is 66.9 cm³/mol. The van der Waals surface area contributed by atoms with Gasteiger partial charge in [0, 0.05) is 0 Å². The Morgan fingerprint density at radius 3 is 2.59 bits per heavy atom. The van der Waals surface area contributed by atoms with E-state index in [1.807, 2.05) is 50.3 Å². The van der Waals surface area contributed by atoms with E-state index in [9.17, 15) is 0 Å². The van der Waals surface area contributed by atoms with Crippen molar-refractivity contribution in [3.05, 3.63) is 35.9 Å². The zero-order valence-corrected chi connectivity index (χ0v) is 10.5. The monoisotopic (exact) mass is 234 g/mol. The highest BCUT2D eigenvalue weighted by Gasteiger charge is 2.32. The van der Waals surface area contributed by atoms with E-state index < -0.39 is 5.79 Å². The first kappa shape index (κ1) is 12.1. The standard InChI is InChI=1S/C14H18O3/c1-11-10-16-14(2,17-11)9-8-12-4-6-13(15-3)7-5-12/h4-9,11H,10H2,1-3H3/b9-8+/t11-,14-/m1/s1. The quantitative estimate of drug-likeness (QED) is 0.805. The van der Waals surface area contributed by atoms with Gasteiger partial charge in [-0.2, -0.15) is 0 Å². The number of rotatable bonds is 3. The molecule has 1 aromatic rings. The maximum atomic E-state index is 5.68. The lowest BCUT2D eigenvalue weighted by atomic mass is 10.1. The molecule has 1 saturated heterocycles. The second-order valence-electron chi connectivity index (χ2n) is 4.36. The van der Waals surface area contributed by atoms with Crippen LogP contribution in [0.1, 0.15) is 19.4 Å². The van der Waals surface area contributed by atoms with E-state index in [2.05, 4.69) is 0 Å². The summed E-state index contributed by atoms with van der Waals surface area (Å²) in [5.74, 6) is 0.259. The van der Waals surface area contributed by atoms with E-state index in [0.717, 1.165) is 11.3 Å². The van der Waals surface area contributed by atoms with Gasteiger partial charge in [-0.05, 0) is 37.6 Å². The Balaban J connectivity index is 2.04. The summed E-state index contributed by atoms with van der Waals surface area (Å²) in [6.45, 7) is 4.58. The van der Waals surface area contributed by atoms with Crippen molar-refractivity contribution in [3.8, 4) is 5.75 Å². The highest BCUT2D eigenvalue weighted by atomic mass is 16.7. The van der Waals surface area contributed by atoms with E-state index in [4.69, 9.17) is 14.2 Å². The molecule has 0 aliphatic carbocycles. The molecule has 2 atom stereocenters. The highest BCUT2D eigenvalue weighted by Crippen LogP contribution is 2.25. The summed E-state index contributed by atoms with van der Waals surface area (Å²) in [5, 5.41) is 0. The van der Waals surface area contributed by atoms with Crippen LogP contribution in [0.25, 0.3) is 6.08 Å². The molecule has 1 aromatic carbocycles. The minimum Gasteiger partial charge on any atom is -0.497 e. The van der Waals surface area contributed by atoms with Crippen LogP contribution in [-0.4, -0.2) is 25.6 Å². The smallest absolute Gasteiger partial charge is 0.185 e. The summed E-state index contributed by atoms with van der Waals surface area (Å²) >= 11 is 0. The van der Waals surface area contributed by atoms with Crippen LogP contribution < -0.4 is 4.74 Å². The molecule has 17 heavy (non-hydrogen) atoms. The van der Waals surface area contributed by atoms with Crippen LogP contribution in [0.5, 0.6) is 5.75 Å². The third-order valence-electron chi connectivity index (χ3n) is 2.73. The maximum absolute atomic E-state index is 5.68. The summed E-state index contributed by atoms with van der Waals surface area (Å²) in [7, 11) is 1.66. The normalized spacial score (nSPS) is 28.8. The minimum absolute atomic E-state index is 0.153. The first-order valence-corrected chi connectivity index (χ1v) is 5.76.